The van der Waals surface area contributed by atoms with Crippen molar-refractivity contribution in [2.24, 2.45) is 11.7 Å². The fraction of sp³-hybridized carbons (Fsp3) is 0.667. The molecule has 7 heteroatoms. The van der Waals surface area contributed by atoms with E-state index in [2.05, 4.69) is 4.72 Å². The SMILES string of the molecule is COCC(C)CNS(=O)(=O)c1c(C)oc(C)c1CN. The Kier molecular flexibility index (Phi) is 5.54. The first-order valence-electron chi connectivity index (χ1n) is 6.11. The highest BCUT2D eigenvalue weighted by molar-refractivity contribution is 7.89. The number of hydrogen-bond acceptors (Lipinski definition) is 5. The Morgan fingerprint density at radius 3 is 2.53 bits per heavy atom. The van der Waals surface area contributed by atoms with Gasteiger partial charge in [-0.15, -0.1) is 0 Å². The van der Waals surface area contributed by atoms with Crippen molar-refractivity contribution in [3.63, 3.8) is 0 Å². The van der Waals surface area contributed by atoms with Gasteiger partial charge in [-0.25, -0.2) is 13.1 Å². The number of methoxy groups -OCH3 is 1. The monoisotopic (exact) mass is 290 g/mol. The minimum Gasteiger partial charge on any atom is -0.465 e. The van der Waals surface area contributed by atoms with Crippen molar-refractivity contribution >= 4 is 10.0 Å². The molecule has 0 spiro atoms. The highest BCUT2D eigenvalue weighted by Gasteiger charge is 2.26. The highest BCUT2D eigenvalue weighted by atomic mass is 32.2. The van der Waals surface area contributed by atoms with E-state index in [9.17, 15) is 8.42 Å². The fourth-order valence-electron chi connectivity index (χ4n) is 1.97. The molecular formula is C12H22N2O4S. The number of sulfonamides is 1. The van der Waals surface area contributed by atoms with E-state index in [0.717, 1.165) is 0 Å². The van der Waals surface area contributed by atoms with Crippen LogP contribution in [0.2, 0.25) is 0 Å². The summed E-state index contributed by atoms with van der Waals surface area (Å²) in [4.78, 5) is 0.164. The van der Waals surface area contributed by atoms with Gasteiger partial charge in [0.1, 0.15) is 16.4 Å². The molecule has 110 valence electrons. The number of ether oxygens (including phenoxy) is 1. The molecule has 0 aliphatic rings. The number of nitrogens with one attached hydrogen (secondary N) is 1. The third-order valence-corrected chi connectivity index (χ3v) is 4.49. The predicted octanol–water partition coefficient (Wildman–Crippen LogP) is 0.916. The van der Waals surface area contributed by atoms with Gasteiger partial charge in [0, 0.05) is 32.4 Å². The molecule has 1 atom stereocenters. The van der Waals surface area contributed by atoms with Gasteiger partial charge in [0.05, 0.1) is 0 Å². The van der Waals surface area contributed by atoms with Crippen LogP contribution >= 0.6 is 0 Å². The summed E-state index contributed by atoms with van der Waals surface area (Å²) in [6, 6.07) is 0. The normalized spacial score (nSPS) is 13.7. The zero-order valence-electron chi connectivity index (χ0n) is 11.8. The molecule has 0 bridgehead atoms. The van der Waals surface area contributed by atoms with Crippen molar-refractivity contribution in [2.75, 3.05) is 20.3 Å². The van der Waals surface area contributed by atoms with Gasteiger partial charge in [-0.3, -0.25) is 0 Å². The van der Waals surface area contributed by atoms with Crippen LogP contribution in [0.25, 0.3) is 0 Å². The molecule has 19 heavy (non-hydrogen) atoms. The van der Waals surface area contributed by atoms with E-state index in [1.165, 1.54) is 0 Å². The Hall–Kier alpha value is -0.890. The smallest absolute Gasteiger partial charge is 0.244 e. The maximum absolute atomic E-state index is 12.3. The van der Waals surface area contributed by atoms with Crippen LogP contribution < -0.4 is 10.5 Å². The summed E-state index contributed by atoms with van der Waals surface area (Å²) in [6.45, 7) is 6.18. The predicted molar refractivity (Wildman–Crippen MR) is 72.3 cm³/mol. The van der Waals surface area contributed by atoms with E-state index < -0.39 is 10.0 Å². The number of nitrogens with two attached hydrogens (primary N) is 1. The first-order valence-corrected chi connectivity index (χ1v) is 7.59. The fourth-order valence-corrected chi connectivity index (χ4v) is 3.59. The minimum absolute atomic E-state index is 0.0920. The van der Waals surface area contributed by atoms with Crippen LogP contribution in [0.4, 0.5) is 0 Å². The van der Waals surface area contributed by atoms with Gasteiger partial charge in [-0.1, -0.05) is 6.92 Å². The molecule has 6 nitrogen and oxygen atoms in total. The van der Waals surface area contributed by atoms with Gasteiger partial charge in [0.15, 0.2) is 0 Å². The van der Waals surface area contributed by atoms with E-state index >= 15 is 0 Å². The lowest BCUT2D eigenvalue weighted by Gasteiger charge is -2.12. The average molecular weight is 290 g/mol. The minimum atomic E-state index is -3.61. The van der Waals surface area contributed by atoms with Gasteiger partial charge in [0.25, 0.3) is 0 Å². The second-order valence-electron chi connectivity index (χ2n) is 4.64. The van der Waals surface area contributed by atoms with Crippen molar-refractivity contribution < 1.29 is 17.6 Å². The summed E-state index contributed by atoms with van der Waals surface area (Å²) >= 11 is 0. The number of aryl methyl sites for hydroxylation is 2. The first kappa shape index (κ1) is 16.2. The molecule has 1 aromatic rings. The molecule has 0 fully saturated rings. The van der Waals surface area contributed by atoms with Crippen LogP contribution in [0.3, 0.4) is 0 Å². The Balaban J connectivity index is 2.95. The van der Waals surface area contributed by atoms with Crippen molar-refractivity contribution in [1.29, 1.82) is 0 Å². The number of furan rings is 1. The molecule has 0 aromatic carbocycles. The van der Waals surface area contributed by atoms with Crippen LogP contribution in [-0.2, 0) is 21.3 Å². The van der Waals surface area contributed by atoms with Crippen LogP contribution in [0, 0.1) is 19.8 Å². The van der Waals surface area contributed by atoms with E-state index in [4.69, 9.17) is 14.9 Å². The Bertz CT molecular complexity index is 522. The number of rotatable bonds is 7. The molecule has 0 aliphatic heterocycles. The molecule has 0 saturated heterocycles. The quantitative estimate of drug-likeness (QED) is 0.778. The molecule has 0 radical (unpaired) electrons. The van der Waals surface area contributed by atoms with Gasteiger partial charge >= 0.3 is 0 Å². The molecule has 1 rings (SSSR count). The molecule has 0 aliphatic carbocycles. The van der Waals surface area contributed by atoms with Crippen molar-refractivity contribution in [2.45, 2.75) is 32.2 Å². The Morgan fingerprint density at radius 2 is 2.00 bits per heavy atom. The van der Waals surface area contributed by atoms with E-state index in [1.807, 2.05) is 6.92 Å². The van der Waals surface area contributed by atoms with Gasteiger partial charge in [0.2, 0.25) is 10.0 Å². The summed E-state index contributed by atoms with van der Waals surface area (Å²) < 4.78 is 37.5. The zero-order chi connectivity index (χ0) is 14.6. The van der Waals surface area contributed by atoms with Gasteiger partial charge in [-0.05, 0) is 19.8 Å². The van der Waals surface area contributed by atoms with Crippen molar-refractivity contribution in [3.8, 4) is 0 Å². The lowest BCUT2D eigenvalue weighted by atomic mass is 10.2. The van der Waals surface area contributed by atoms with Crippen LogP contribution in [0.1, 0.15) is 24.0 Å². The Morgan fingerprint density at radius 1 is 1.37 bits per heavy atom. The summed E-state index contributed by atoms with van der Waals surface area (Å²) in [6.07, 6.45) is 0. The largest absolute Gasteiger partial charge is 0.465 e. The maximum Gasteiger partial charge on any atom is 0.244 e. The van der Waals surface area contributed by atoms with Crippen LogP contribution in [0.15, 0.2) is 9.31 Å². The molecular weight excluding hydrogens is 268 g/mol. The van der Waals surface area contributed by atoms with E-state index in [1.54, 1.807) is 21.0 Å². The Labute approximate surface area is 114 Å². The lowest BCUT2D eigenvalue weighted by molar-refractivity contribution is 0.161. The summed E-state index contributed by atoms with van der Waals surface area (Å²) in [7, 11) is -2.02. The maximum atomic E-state index is 12.3. The summed E-state index contributed by atoms with van der Waals surface area (Å²) in [5.41, 5.74) is 6.12. The van der Waals surface area contributed by atoms with E-state index in [-0.39, 0.29) is 17.4 Å². The molecule has 1 heterocycles. The molecule has 3 N–H and O–H groups in total. The standard InChI is InChI=1S/C12H22N2O4S/c1-8(7-17-4)6-14-19(15,16)12-10(3)18-9(2)11(12)5-13/h8,14H,5-7,13H2,1-4H3. The van der Waals surface area contributed by atoms with Crippen molar-refractivity contribution in [1.82, 2.24) is 4.72 Å². The average Bonchev–Trinajstić information content (AvgIpc) is 2.62. The highest BCUT2D eigenvalue weighted by Crippen LogP contribution is 2.25. The lowest BCUT2D eigenvalue weighted by Crippen LogP contribution is -2.31. The third-order valence-electron chi connectivity index (χ3n) is 2.87. The number of hydrogen-bond donors (Lipinski definition) is 2. The first-order chi connectivity index (χ1) is 8.83. The summed E-state index contributed by atoms with van der Waals surface area (Å²) in [5.74, 6) is 1.00. The second kappa shape index (κ2) is 6.51. The van der Waals surface area contributed by atoms with Crippen LogP contribution in [-0.4, -0.2) is 28.7 Å². The van der Waals surface area contributed by atoms with E-state index in [0.29, 0.717) is 30.2 Å². The van der Waals surface area contributed by atoms with Gasteiger partial charge in [-0.2, -0.15) is 0 Å². The molecule has 0 amide bonds. The third kappa shape index (κ3) is 3.79. The van der Waals surface area contributed by atoms with Gasteiger partial charge < -0.3 is 14.9 Å². The molecule has 1 unspecified atom stereocenters. The second-order valence-corrected chi connectivity index (χ2v) is 6.34. The van der Waals surface area contributed by atoms with Crippen LogP contribution in [0.5, 0.6) is 0 Å². The molecule has 1 aromatic heterocycles. The zero-order valence-corrected chi connectivity index (χ0v) is 12.6. The summed E-state index contributed by atoms with van der Waals surface area (Å²) in [5, 5.41) is 0. The van der Waals surface area contributed by atoms with Crippen molar-refractivity contribution in [3.05, 3.63) is 17.1 Å². The molecule has 0 saturated carbocycles. The topological polar surface area (TPSA) is 94.6 Å².